The molecule has 25 heavy (non-hydrogen) atoms. The number of aromatic nitrogens is 1. The maximum absolute atomic E-state index is 5.96. The number of fused-ring (bicyclic) bond motifs is 1. The lowest BCUT2D eigenvalue weighted by atomic mass is 10.0. The summed E-state index contributed by atoms with van der Waals surface area (Å²) in [7, 11) is 0. The van der Waals surface area contributed by atoms with E-state index in [9.17, 15) is 0 Å². The number of hydrogen-bond acceptors (Lipinski definition) is 3. The quantitative estimate of drug-likeness (QED) is 0.533. The van der Waals surface area contributed by atoms with Gasteiger partial charge >= 0.3 is 0 Å². The molecule has 0 saturated carbocycles. The highest BCUT2D eigenvalue weighted by Gasteiger charge is 2.06. The molecule has 3 heteroatoms. The standard InChI is InChI=1S/C22H25NO2/c1-16(2)19-11-10-17(3)21(15-19)25-14-6-13-24-20-9-4-7-18-8-5-12-23-22(18)20/h4-5,7-12,15-16H,6,13-14H2,1-3H3. The lowest BCUT2D eigenvalue weighted by Gasteiger charge is -2.13. The molecule has 0 N–H and O–H groups in total. The molecular weight excluding hydrogens is 310 g/mol. The van der Waals surface area contributed by atoms with Gasteiger partial charge in [0.1, 0.15) is 17.0 Å². The average Bonchev–Trinajstić information content (AvgIpc) is 2.62. The number of pyridine rings is 1. The lowest BCUT2D eigenvalue weighted by molar-refractivity contribution is 0.248. The maximum Gasteiger partial charge on any atom is 0.145 e. The van der Waals surface area contributed by atoms with Crippen LogP contribution in [-0.4, -0.2) is 18.2 Å². The molecule has 3 rings (SSSR count). The second-order valence-corrected chi connectivity index (χ2v) is 6.56. The summed E-state index contributed by atoms with van der Waals surface area (Å²) in [4.78, 5) is 4.41. The first-order valence-electron chi connectivity index (χ1n) is 8.85. The molecule has 0 aliphatic heterocycles. The van der Waals surface area contributed by atoms with Gasteiger partial charge in [-0.1, -0.05) is 44.2 Å². The van der Waals surface area contributed by atoms with E-state index >= 15 is 0 Å². The molecular formula is C22H25NO2. The predicted octanol–water partition coefficient (Wildman–Crippen LogP) is 5.51. The van der Waals surface area contributed by atoms with Gasteiger partial charge in [0.05, 0.1) is 13.2 Å². The summed E-state index contributed by atoms with van der Waals surface area (Å²) in [6.07, 6.45) is 2.62. The van der Waals surface area contributed by atoms with E-state index in [1.165, 1.54) is 11.1 Å². The van der Waals surface area contributed by atoms with Crippen molar-refractivity contribution in [1.29, 1.82) is 0 Å². The van der Waals surface area contributed by atoms with Gasteiger partial charge in [-0.25, -0.2) is 0 Å². The van der Waals surface area contributed by atoms with E-state index in [1.807, 2.05) is 30.3 Å². The Hall–Kier alpha value is -2.55. The first kappa shape index (κ1) is 17.3. The Balaban J connectivity index is 1.53. The predicted molar refractivity (Wildman–Crippen MR) is 103 cm³/mol. The Morgan fingerprint density at radius 2 is 1.68 bits per heavy atom. The summed E-state index contributed by atoms with van der Waals surface area (Å²) in [6, 6.07) is 16.4. The molecule has 3 nitrogen and oxygen atoms in total. The van der Waals surface area contributed by atoms with E-state index in [0.717, 1.165) is 28.8 Å². The van der Waals surface area contributed by atoms with Gasteiger partial charge in [-0.05, 0) is 42.2 Å². The first-order chi connectivity index (χ1) is 12.1. The topological polar surface area (TPSA) is 31.4 Å². The van der Waals surface area contributed by atoms with Crippen LogP contribution in [0.3, 0.4) is 0 Å². The Morgan fingerprint density at radius 1 is 0.920 bits per heavy atom. The molecule has 0 aliphatic carbocycles. The summed E-state index contributed by atoms with van der Waals surface area (Å²) >= 11 is 0. The van der Waals surface area contributed by atoms with Crippen LogP contribution in [0.4, 0.5) is 0 Å². The zero-order chi connectivity index (χ0) is 17.6. The molecule has 0 bridgehead atoms. The molecule has 3 aromatic rings. The van der Waals surface area contributed by atoms with Crippen LogP contribution in [0.1, 0.15) is 37.3 Å². The summed E-state index contributed by atoms with van der Waals surface area (Å²) < 4.78 is 11.9. The number of rotatable bonds is 7. The van der Waals surface area contributed by atoms with Crippen LogP contribution in [0, 0.1) is 6.92 Å². The number of para-hydroxylation sites is 1. The van der Waals surface area contributed by atoms with Crippen LogP contribution in [0.15, 0.2) is 54.7 Å². The van der Waals surface area contributed by atoms with Gasteiger partial charge in [0.2, 0.25) is 0 Å². The summed E-state index contributed by atoms with van der Waals surface area (Å²) in [5.41, 5.74) is 3.38. The fourth-order valence-electron chi connectivity index (χ4n) is 2.75. The highest BCUT2D eigenvalue weighted by atomic mass is 16.5. The van der Waals surface area contributed by atoms with Crippen molar-refractivity contribution < 1.29 is 9.47 Å². The Labute approximate surface area is 149 Å². The second-order valence-electron chi connectivity index (χ2n) is 6.56. The minimum Gasteiger partial charge on any atom is -0.493 e. The first-order valence-corrected chi connectivity index (χ1v) is 8.85. The van der Waals surface area contributed by atoms with Gasteiger partial charge in [-0.2, -0.15) is 0 Å². The van der Waals surface area contributed by atoms with Gasteiger partial charge in [0, 0.05) is 18.0 Å². The third kappa shape index (κ3) is 4.30. The van der Waals surface area contributed by atoms with Crippen LogP contribution in [0.2, 0.25) is 0 Å². The van der Waals surface area contributed by atoms with E-state index in [-0.39, 0.29) is 0 Å². The normalized spacial score (nSPS) is 11.0. The van der Waals surface area contributed by atoms with Crippen LogP contribution in [-0.2, 0) is 0 Å². The fourth-order valence-corrected chi connectivity index (χ4v) is 2.75. The molecule has 0 fully saturated rings. The van der Waals surface area contributed by atoms with Crippen molar-refractivity contribution in [1.82, 2.24) is 4.98 Å². The molecule has 1 aromatic heterocycles. The monoisotopic (exact) mass is 335 g/mol. The van der Waals surface area contributed by atoms with Gasteiger partial charge in [-0.15, -0.1) is 0 Å². The molecule has 0 radical (unpaired) electrons. The number of aryl methyl sites for hydroxylation is 1. The van der Waals surface area contributed by atoms with Crippen molar-refractivity contribution >= 4 is 10.9 Å². The van der Waals surface area contributed by atoms with Crippen molar-refractivity contribution in [3.63, 3.8) is 0 Å². The molecule has 130 valence electrons. The highest BCUT2D eigenvalue weighted by molar-refractivity contribution is 5.84. The minimum absolute atomic E-state index is 0.505. The van der Waals surface area contributed by atoms with Crippen LogP contribution < -0.4 is 9.47 Å². The van der Waals surface area contributed by atoms with Crippen LogP contribution >= 0.6 is 0 Å². The zero-order valence-electron chi connectivity index (χ0n) is 15.2. The van der Waals surface area contributed by atoms with E-state index in [1.54, 1.807) is 6.20 Å². The molecule has 0 unspecified atom stereocenters. The van der Waals surface area contributed by atoms with Crippen LogP contribution in [0.5, 0.6) is 11.5 Å². The van der Waals surface area contributed by atoms with E-state index in [4.69, 9.17) is 9.47 Å². The van der Waals surface area contributed by atoms with Crippen LogP contribution in [0.25, 0.3) is 10.9 Å². The number of benzene rings is 2. The maximum atomic E-state index is 5.96. The van der Waals surface area contributed by atoms with Crippen molar-refractivity contribution in [3.05, 3.63) is 65.9 Å². The van der Waals surface area contributed by atoms with Gasteiger partial charge in [0.25, 0.3) is 0 Å². The number of hydrogen-bond donors (Lipinski definition) is 0. The van der Waals surface area contributed by atoms with Crippen molar-refractivity contribution in [3.8, 4) is 11.5 Å². The van der Waals surface area contributed by atoms with Crippen molar-refractivity contribution in [2.75, 3.05) is 13.2 Å². The Kier molecular flexibility index (Phi) is 5.54. The summed E-state index contributed by atoms with van der Waals surface area (Å²) in [6.45, 7) is 7.72. The fraction of sp³-hybridized carbons (Fsp3) is 0.318. The van der Waals surface area contributed by atoms with Gasteiger partial charge in [-0.3, -0.25) is 4.98 Å². The zero-order valence-corrected chi connectivity index (χ0v) is 15.2. The molecule has 0 amide bonds. The van der Waals surface area contributed by atoms with Crippen molar-refractivity contribution in [2.24, 2.45) is 0 Å². The smallest absolute Gasteiger partial charge is 0.145 e. The lowest BCUT2D eigenvalue weighted by Crippen LogP contribution is -2.06. The number of ether oxygens (including phenoxy) is 2. The van der Waals surface area contributed by atoms with Gasteiger partial charge in [0.15, 0.2) is 0 Å². The molecule has 0 aliphatic rings. The third-order valence-electron chi connectivity index (χ3n) is 4.28. The average molecular weight is 335 g/mol. The molecule has 1 heterocycles. The SMILES string of the molecule is Cc1ccc(C(C)C)cc1OCCCOc1cccc2cccnc12. The van der Waals surface area contributed by atoms with Gasteiger partial charge < -0.3 is 9.47 Å². The molecule has 0 spiro atoms. The minimum atomic E-state index is 0.505. The summed E-state index contributed by atoms with van der Waals surface area (Å²) in [5, 5.41) is 1.09. The largest absolute Gasteiger partial charge is 0.493 e. The molecule has 0 saturated heterocycles. The Morgan fingerprint density at radius 3 is 2.48 bits per heavy atom. The van der Waals surface area contributed by atoms with Crippen molar-refractivity contribution in [2.45, 2.75) is 33.1 Å². The third-order valence-corrected chi connectivity index (χ3v) is 4.28. The second kappa shape index (κ2) is 8.02. The number of nitrogens with zero attached hydrogens (tertiary/aromatic N) is 1. The molecule has 2 aromatic carbocycles. The highest BCUT2D eigenvalue weighted by Crippen LogP contribution is 2.25. The summed E-state index contributed by atoms with van der Waals surface area (Å²) in [5.74, 6) is 2.30. The van der Waals surface area contributed by atoms with E-state index in [0.29, 0.717) is 19.1 Å². The Bertz CT molecular complexity index is 837. The van der Waals surface area contributed by atoms with E-state index in [2.05, 4.69) is 44.0 Å². The van der Waals surface area contributed by atoms with E-state index < -0.39 is 0 Å². The molecule has 0 atom stereocenters.